The van der Waals surface area contributed by atoms with Crippen LogP contribution in [0.25, 0.3) is 0 Å². The average Bonchev–Trinajstić information content (AvgIpc) is 3.02. The number of furan rings is 1. The zero-order valence-corrected chi connectivity index (χ0v) is 12.6. The van der Waals surface area contributed by atoms with Crippen LogP contribution in [0.4, 0.5) is 8.78 Å². The Balaban J connectivity index is 1.68. The fourth-order valence-electron chi connectivity index (χ4n) is 2.91. The zero-order chi connectivity index (χ0) is 16.2. The topological polar surface area (TPSA) is 45.8 Å². The van der Waals surface area contributed by atoms with Crippen molar-refractivity contribution in [3.63, 3.8) is 0 Å². The standard InChI is InChI=1S/C17H19F2NO3/c18-13-6-12(7-14(19)8-13)10-20-3-5-22-11-15(20)9-16(21)17-2-1-4-23-17/h1-2,4,6-8,15-16,21H,3,5,9-11H2. The molecule has 23 heavy (non-hydrogen) atoms. The maximum absolute atomic E-state index is 13.3. The van der Waals surface area contributed by atoms with Crippen molar-refractivity contribution in [3.8, 4) is 0 Å². The van der Waals surface area contributed by atoms with Gasteiger partial charge < -0.3 is 14.3 Å². The van der Waals surface area contributed by atoms with Crippen LogP contribution in [0.5, 0.6) is 0 Å². The lowest BCUT2D eigenvalue weighted by Crippen LogP contribution is -2.45. The summed E-state index contributed by atoms with van der Waals surface area (Å²) >= 11 is 0. The molecule has 0 spiro atoms. The lowest BCUT2D eigenvalue weighted by atomic mass is 10.0. The Morgan fingerprint density at radius 2 is 2.04 bits per heavy atom. The first kappa shape index (κ1) is 16.1. The van der Waals surface area contributed by atoms with Crippen molar-refractivity contribution in [2.24, 2.45) is 0 Å². The number of ether oxygens (including phenoxy) is 1. The number of hydrogen-bond donors (Lipinski definition) is 1. The summed E-state index contributed by atoms with van der Waals surface area (Å²) in [4.78, 5) is 2.07. The molecule has 1 aromatic heterocycles. The number of benzene rings is 1. The summed E-state index contributed by atoms with van der Waals surface area (Å²) in [5, 5.41) is 10.2. The Kier molecular flexibility index (Phi) is 5.05. The molecule has 6 heteroatoms. The Labute approximate surface area is 133 Å². The van der Waals surface area contributed by atoms with Crippen molar-refractivity contribution in [3.05, 3.63) is 59.6 Å². The van der Waals surface area contributed by atoms with Gasteiger partial charge in [0.05, 0.1) is 19.5 Å². The van der Waals surface area contributed by atoms with E-state index in [2.05, 4.69) is 4.90 Å². The van der Waals surface area contributed by atoms with Gasteiger partial charge in [-0.15, -0.1) is 0 Å². The lowest BCUT2D eigenvalue weighted by molar-refractivity contribution is -0.0323. The first-order valence-electron chi connectivity index (χ1n) is 7.60. The van der Waals surface area contributed by atoms with E-state index < -0.39 is 17.7 Å². The van der Waals surface area contributed by atoms with Crippen LogP contribution in [-0.4, -0.2) is 35.8 Å². The molecule has 2 atom stereocenters. The van der Waals surface area contributed by atoms with Crippen LogP contribution in [0, 0.1) is 11.6 Å². The smallest absolute Gasteiger partial charge is 0.132 e. The van der Waals surface area contributed by atoms with Crippen molar-refractivity contribution in [1.29, 1.82) is 0 Å². The number of halogens is 2. The highest BCUT2D eigenvalue weighted by atomic mass is 19.1. The SMILES string of the molecule is OC(CC1COCCN1Cc1cc(F)cc(F)c1)c1ccco1. The van der Waals surface area contributed by atoms with Gasteiger partial charge in [0.25, 0.3) is 0 Å². The number of hydrogen-bond acceptors (Lipinski definition) is 4. The highest BCUT2D eigenvalue weighted by molar-refractivity contribution is 5.18. The highest BCUT2D eigenvalue weighted by Gasteiger charge is 2.27. The van der Waals surface area contributed by atoms with Gasteiger partial charge in [-0.05, 0) is 36.2 Å². The molecule has 1 aliphatic heterocycles. The summed E-state index contributed by atoms with van der Waals surface area (Å²) < 4.78 is 37.4. The van der Waals surface area contributed by atoms with Crippen molar-refractivity contribution >= 4 is 0 Å². The second-order valence-electron chi connectivity index (χ2n) is 5.74. The van der Waals surface area contributed by atoms with Gasteiger partial charge in [0, 0.05) is 25.2 Å². The second-order valence-corrected chi connectivity index (χ2v) is 5.74. The molecular weight excluding hydrogens is 304 g/mol. The highest BCUT2D eigenvalue weighted by Crippen LogP contribution is 2.24. The van der Waals surface area contributed by atoms with Gasteiger partial charge in [0.2, 0.25) is 0 Å². The van der Waals surface area contributed by atoms with E-state index in [0.717, 1.165) is 6.07 Å². The fourth-order valence-corrected chi connectivity index (χ4v) is 2.91. The molecule has 0 aliphatic carbocycles. The molecule has 2 aromatic rings. The summed E-state index contributed by atoms with van der Waals surface area (Å²) in [6.07, 6.45) is 1.22. The molecule has 0 saturated carbocycles. The normalized spacial score (nSPS) is 20.6. The Morgan fingerprint density at radius 1 is 1.26 bits per heavy atom. The van der Waals surface area contributed by atoms with Crippen LogP contribution in [-0.2, 0) is 11.3 Å². The van der Waals surface area contributed by atoms with Crippen LogP contribution in [0.2, 0.25) is 0 Å². The molecule has 0 bridgehead atoms. The van der Waals surface area contributed by atoms with Crippen LogP contribution in [0.3, 0.4) is 0 Å². The van der Waals surface area contributed by atoms with Crippen LogP contribution >= 0.6 is 0 Å². The summed E-state index contributed by atoms with van der Waals surface area (Å²) in [5.74, 6) is -0.659. The molecule has 1 aromatic carbocycles. The van der Waals surface area contributed by atoms with Crippen molar-refractivity contribution in [2.45, 2.75) is 25.1 Å². The number of aliphatic hydroxyl groups is 1. The summed E-state index contributed by atoms with van der Waals surface area (Å²) in [7, 11) is 0. The molecule has 3 rings (SSSR count). The van der Waals surface area contributed by atoms with E-state index in [0.29, 0.717) is 44.0 Å². The number of rotatable bonds is 5. The summed E-state index contributed by atoms with van der Waals surface area (Å²) in [6.45, 7) is 2.09. The molecule has 1 N–H and O–H groups in total. The third-order valence-electron chi connectivity index (χ3n) is 4.02. The van der Waals surface area contributed by atoms with Crippen LogP contribution < -0.4 is 0 Å². The number of nitrogens with zero attached hydrogens (tertiary/aromatic N) is 1. The summed E-state index contributed by atoms with van der Waals surface area (Å²) in [5.41, 5.74) is 0.571. The van der Waals surface area contributed by atoms with Gasteiger partial charge in [-0.1, -0.05) is 0 Å². The van der Waals surface area contributed by atoms with E-state index in [9.17, 15) is 13.9 Å². The largest absolute Gasteiger partial charge is 0.467 e. The molecule has 0 amide bonds. The summed E-state index contributed by atoms with van der Waals surface area (Å²) in [6, 6.07) is 6.93. The molecular formula is C17H19F2NO3. The van der Waals surface area contributed by atoms with Crippen molar-refractivity contribution in [2.75, 3.05) is 19.8 Å². The Hall–Kier alpha value is -1.76. The molecule has 1 saturated heterocycles. The van der Waals surface area contributed by atoms with Gasteiger partial charge in [0.15, 0.2) is 0 Å². The van der Waals surface area contributed by atoms with E-state index >= 15 is 0 Å². The predicted molar refractivity (Wildman–Crippen MR) is 79.7 cm³/mol. The molecule has 2 heterocycles. The lowest BCUT2D eigenvalue weighted by Gasteiger charge is -2.36. The molecule has 124 valence electrons. The minimum Gasteiger partial charge on any atom is -0.467 e. The Morgan fingerprint density at radius 3 is 2.74 bits per heavy atom. The maximum atomic E-state index is 13.3. The van der Waals surface area contributed by atoms with E-state index in [4.69, 9.17) is 9.15 Å². The van der Waals surface area contributed by atoms with E-state index in [-0.39, 0.29) is 6.04 Å². The fraction of sp³-hybridized carbons (Fsp3) is 0.412. The monoisotopic (exact) mass is 323 g/mol. The molecule has 2 unspecified atom stereocenters. The van der Waals surface area contributed by atoms with E-state index in [1.54, 1.807) is 12.1 Å². The van der Waals surface area contributed by atoms with Crippen LogP contribution in [0.1, 0.15) is 23.8 Å². The first-order valence-corrected chi connectivity index (χ1v) is 7.60. The molecule has 0 radical (unpaired) electrons. The second kappa shape index (κ2) is 7.21. The minimum absolute atomic E-state index is 0.0461. The number of morpholine rings is 1. The van der Waals surface area contributed by atoms with Gasteiger partial charge in [-0.25, -0.2) is 8.78 Å². The maximum Gasteiger partial charge on any atom is 0.132 e. The number of aliphatic hydroxyl groups excluding tert-OH is 1. The predicted octanol–water partition coefficient (Wildman–Crippen LogP) is 2.88. The van der Waals surface area contributed by atoms with Gasteiger partial charge in [-0.2, -0.15) is 0 Å². The van der Waals surface area contributed by atoms with Crippen LogP contribution in [0.15, 0.2) is 41.0 Å². The zero-order valence-electron chi connectivity index (χ0n) is 12.6. The van der Waals surface area contributed by atoms with Gasteiger partial charge in [-0.3, -0.25) is 4.90 Å². The first-order chi connectivity index (χ1) is 11.1. The van der Waals surface area contributed by atoms with Gasteiger partial charge in [0.1, 0.15) is 23.5 Å². The van der Waals surface area contributed by atoms with Crippen molar-refractivity contribution in [1.82, 2.24) is 4.90 Å². The van der Waals surface area contributed by atoms with Gasteiger partial charge >= 0.3 is 0 Å². The van der Waals surface area contributed by atoms with E-state index in [1.807, 2.05) is 0 Å². The molecule has 4 nitrogen and oxygen atoms in total. The molecule has 1 aliphatic rings. The minimum atomic E-state index is -0.733. The van der Waals surface area contributed by atoms with E-state index in [1.165, 1.54) is 18.4 Å². The Bertz CT molecular complexity index is 613. The average molecular weight is 323 g/mol. The quantitative estimate of drug-likeness (QED) is 0.919. The molecule has 1 fully saturated rings. The van der Waals surface area contributed by atoms with Crippen molar-refractivity contribution < 1.29 is 23.0 Å². The third kappa shape index (κ3) is 4.16. The third-order valence-corrected chi connectivity index (χ3v) is 4.02.